The third-order valence-electron chi connectivity index (χ3n) is 3.59. The van der Waals surface area contributed by atoms with Crippen molar-refractivity contribution < 1.29 is 22.4 Å². The molecular weight excluding hydrogens is 334 g/mol. The van der Waals surface area contributed by atoms with Crippen molar-refractivity contribution >= 4 is 27.3 Å². The average Bonchev–Trinajstić information content (AvgIpc) is 3.07. The summed E-state index contributed by atoms with van der Waals surface area (Å²) in [6, 6.07) is 9.78. The number of sulfonamides is 1. The van der Waals surface area contributed by atoms with Crippen LogP contribution in [0, 0.1) is 0 Å². The fourth-order valence-electron chi connectivity index (χ4n) is 2.44. The Kier molecular flexibility index (Phi) is 4.56. The van der Waals surface area contributed by atoms with Crippen LogP contribution in [0.3, 0.4) is 0 Å². The van der Waals surface area contributed by atoms with Crippen molar-refractivity contribution in [2.24, 2.45) is 5.14 Å². The Labute approximate surface area is 139 Å². The first-order valence-corrected chi connectivity index (χ1v) is 8.85. The highest BCUT2D eigenvalue weighted by Gasteiger charge is 2.20. The second-order valence-electron chi connectivity index (χ2n) is 5.23. The monoisotopic (exact) mass is 351 g/mol. The van der Waals surface area contributed by atoms with Crippen molar-refractivity contribution in [1.82, 2.24) is 0 Å². The van der Waals surface area contributed by atoms with Gasteiger partial charge in [-0.15, -0.1) is 0 Å². The maximum atomic E-state index is 12.3. The number of carbonyl (C=O) groups is 1. The maximum absolute atomic E-state index is 12.3. The van der Waals surface area contributed by atoms with Gasteiger partial charge in [-0.25, -0.2) is 13.6 Å². The first-order valence-electron chi connectivity index (χ1n) is 7.31. The molecule has 1 aromatic carbocycles. The third-order valence-corrected chi connectivity index (χ3v) is 4.37. The number of hydrogen-bond donors (Lipinski definition) is 2. The molecule has 1 aliphatic rings. The molecule has 1 aliphatic heterocycles. The minimum absolute atomic E-state index is 0.129. The molecule has 3 N–H and O–H groups in total. The minimum atomic E-state index is -3.98. The molecule has 24 heavy (non-hydrogen) atoms. The number of ether oxygens (including phenoxy) is 1. The van der Waals surface area contributed by atoms with Gasteiger partial charge in [-0.1, -0.05) is 12.1 Å². The summed E-state index contributed by atoms with van der Waals surface area (Å²) in [4.78, 5) is 14.4. The van der Waals surface area contributed by atoms with Crippen LogP contribution >= 0.6 is 0 Å². The fraction of sp³-hybridized carbons (Fsp3) is 0.267. The molecule has 0 spiro atoms. The smallest absolute Gasteiger partial charge is 0.291 e. The summed E-state index contributed by atoms with van der Waals surface area (Å²) in [5.74, 6) is -0.679. The van der Waals surface area contributed by atoms with Gasteiger partial charge in [0, 0.05) is 13.1 Å². The first-order chi connectivity index (χ1) is 11.4. The molecule has 0 atom stereocenters. The molecule has 2 heterocycles. The van der Waals surface area contributed by atoms with Gasteiger partial charge in [0.2, 0.25) is 5.09 Å². The van der Waals surface area contributed by atoms with Crippen LogP contribution in [0.25, 0.3) is 0 Å². The van der Waals surface area contributed by atoms with Gasteiger partial charge in [-0.2, -0.15) is 0 Å². The number of para-hydroxylation sites is 2. The molecule has 0 saturated carbocycles. The quantitative estimate of drug-likeness (QED) is 0.850. The van der Waals surface area contributed by atoms with Crippen LogP contribution in [0.5, 0.6) is 0 Å². The van der Waals surface area contributed by atoms with Crippen LogP contribution in [0.15, 0.2) is 45.9 Å². The largest absolute Gasteiger partial charge is 0.438 e. The van der Waals surface area contributed by atoms with Crippen LogP contribution in [-0.2, 0) is 14.8 Å². The normalized spacial score (nSPS) is 15.3. The van der Waals surface area contributed by atoms with Gasteiger partial charge < -0.3 is 19.4 Å². The Morgan fingerprint density at radius 2 is 1.83 bits per heavy atom. The Morgan fingerprint density at radius 3 is 2.50 bits per heavy atom. The van der Waals surface area contributed by atoms with Gasteiger partial charge in [0.1, 0.15) is 0 Å². The summed E-state index contributed by atoms with van der Waals surface area (Å²) in [5.41, 5.74) is 1.48. The second-order valence-corrected chi connectivity index (χ2v) is 6.73. The number of furan rings is 1. The Balaban J connectivity index is 1.81. The second kappa shape index (κ2) is 6.63. The molecular formula is C15H17N3O5S. The first kappa shape index (κ1) is 16.5. The van der Waals surface area contributed by atoms with Crippen LogP contribution in [0.4, 0.5) is 11.4 Å². The summed E-state index contributed by atoms with van der Waals surface area (Å²) in [6.45, 7) is 2.70. The van der Waals surface area contributed by atoms with Gasteiger partial charge >= 0.3 is 0 Å². The van der Waals surface area contributed by atoms with Gasteiger partial charge in [0.15, 0.2) is 5.76 Å². The Hall–Kier alpha value is -2.36. The molecule has 0 bridgehead atoms. The SMILES string of the molecule is NS(=O)(=O)c1ccc(C(=O)Nc2ccccc2N2CCOCC2)o1. The number of amides is 1. The van der Waals surface area contributed by atoms with Crippen molar-refractivity contribution in [3.8, 4) is 0 Å². The number of nitrogens with zero attached hydrogens (tertiary/aromatic N) is 1. The maximum Gasteiger partial charge on any atom is 0.291 e. The van der Waals surface area contributed by atoms with E-state index in [1.807, 2.05) is 12.1 Å². The molecule has 1 aromatic heterocycles. The van der Waals surface area contributed by atoms with Crippen molar-refractivity contribution in [2.45, 2.75) is 5.09 Å². The standard InChI is InChI=1S/C15H17N3O5S/c16-24(20,21)14-6-5-13(23-14)15(19)17-11-3-1-2-4-12(11)18-7-9-22-10-8-18/h1-6H,7-10H2,(H,17,19)(H2,16,20,21). The van der Waals surface area contributed by atoms with Crippen LogP contribution in [-0.4, -0.2) is 40.6 Å². The zero-order chi connectivity index (χ0) is 17.2. The van der Waals surface area contributed by atoms with Gasteiger partial charge in [0.25, 0.3) is 15.9 Å². The van der Waals surface area contributed by atoms with E-state index in [0.29, 0.717) is 18.9 Å². The average molecular weight is 351 g/mol. The van der Waals surface area contributed by atoms with E-state index < -0.39 is 21.0 Å². The molecule has 1 amide bonds. The van der Waals surface area contributed by atoms with E-state index in [4.69, 9.17) is 14.3 Å². The Bertz CT molecular complexity index is 840. The summed E-state index contributed by atoms with van der Waals surface area (Å²) in [5, 5.41) is 7.26. The van der Waals surface area contributed by atoms with E-state index >= 15 is 0 Å². The number of nitrogens with one attached hydrogen (secondary N) is 1. The van der Waals surface area contributed by atoms with Gasteiger partial charge in [0.05, 0.1) is 24.6 Å². The fourth-order valence-corrected chi connectivity index (χ4v) is 2.90. The summed E-state index contributed by atoms with van der Waals surface area (Å²) in [7, 11) is -3.98. The molecule has 9 heteroatoms. The highest BCUT2D eigenvalue weighted by molar-refractivity contribution is 7.89. The number of benzene rings is 1. The summed E-state index contributed by atoms with van der Waals surface area (Å²) < 4.78 is 32.8. The van der Waals surface area contributed by atoms with E-state index in [2.05, 4.69) is 10.2 Å². The van der Waals surface area contributed by atoms with E-state index in [-0.39, 0.29) is 5.76 Å². The number of morpholine rings is 1. The molecule has 1 fully saturated rings. The number of anilines is 2. The molecule has 8 nitrogen and oxygen atoms in total. The molecule has 1 saturated heterocycles. The third kappa shape index (κ3) is 3.58. The predicted molar refractivity (Wildman–Crippen MR) is 87.5 cm³/mol. The van der Waals surface area contributed by atoms with E-state index in [1.54, 1.807) is 12.1 Å². The number of primary sulfonamides is 1. The number of carbonyl (C=O) groups excluding carboxylic acids is 1. The summed E-state index contributed by atoms with van der Waals surface area (Å²) in [6.07, 6.45) is 0. The van der Waals surface area contributed by atoms with E-state index in [9.17, 15) is 13.2 Å². The lowest BCUT2D eigenvalue weighted by molar-refractivity contribution is 0.0991. The molecule has 3 rings (SSSR count). The topological polar surface area (TPSA) is 115 Å². The molecule has 2 aromatic rings. The molecule has 0 radical (unpaired) electrons. The van der Waals surface area contributed by atoms with Crippen LogP contribution < -0.4 is 15.4 Å². The van der Waals surface area contributed by atoms with Crippen molar-refractivity contribution in [3.63, 3.8) is 0 Å². The lowest BCUT2D eigenvalue weighted by atomic mass is 10.2. The Morgan fingerprint density at radius 1 is 1.12 bits per heavy atom. The lowest BCUT2D eigenvalue weighted by Gasteiger charge is -2.30. The van der Waals surface area contributed by atoms with Crippen molar-refractivity contribution in [3.05, 3.63) is 42.2 Å². The number of rotatable bonds is 4. The number of nitrogens with two attached hydrogens (primary N) is 1. The minimum Gasteiger partial charge on any atom is -0.438 e. The van der Waals surface area contributed by atoms with Crippen LogP contribution in [0.2, 0.25) is 0 Å². The van der Waals surface area contributed by atoms with Crippen molar-refractivity contribution in [1.29, 1.82) is 0 Å². The predicted octanol–water partition coefficient (Wildman–Crippen LogP) is 1.02. The molecule has 0 aliphatic carbocycles. The van der Waals surface area contributed by atoms with Crippen molar-refractivity contribution in [2.75, 3.05) is 36.5 Å². The summed E-state index contributed by atoms with van der Waals surface area (Å²) >= 11 is 0. The highest BCUT2D eigenvalue weighted by atomic mass is 32.2. The zero-order valence-electron chi connectivity index (χ0n) is 12.8. The zero-order valence-corrected chi connectivity index (χ0v) is 13.6. The number of hydrogen-bond acceptors (Lipinski definition) is 6. The van der Waals surface area contributed by atoms with E-state index in [0.717, 1.165) is 24.8 Å². The molecule has 128 valence electrons. The lowest BCUT2D eigenvalue weighted by Crippen LogP contribution is -2.36. The van der Waals surface area contributed by atoms with Crippen LogP contribution in [0.1, 0.15) is 10.6 Å². The highest BCUT2D eigenvalue weighted by Crippen LogP contribution is 2.27. The molecule has 0 unspecified atom stereocenters. The van der Waals surface area contributed by atoms with Gasteiger partial charge in [-0.3, -0.25) is 4.79 Å². The van der Waals surface area contributed by atoms with E-state index in [1.165, 1.54) is 6.07 Å². The van der Waals surface area contributed by atoms with Gasteiger partial charge in [-0.05, 0) is 24.3 Å².